The number of hydrogen-bond donors (Lipinski definition) is 1. The summed E-state index contributed by atoms with van der Waals surface area (Å²) in [5, 5.41) is 3.23. The number of hydrogen-bond acceptors (Lipinski definition) is 4. The molecule has 0 spiro atoms. The summed E-state index contributed by atoms with van der Waals surface area (Å²) in [7, 11) is 3.77. The number of carbonyl (C=O) groups excluding carboxylic acids is 1. The number of piperazine rings is 1. The van der Waals surface area contributed by atoms with E-state index in [-0.39, 0.29) is 5.91 Å². The number of amides is 1. The van der Waals surface area contributed by atoms with Crippen LogP contribution in [0.25, 0.3) is 0 Å². The fraction of sp³-hybridized carbons (Fsp3) is 0.562. The van der Waals surface area contributed by atoms with Gasteiger partial charge in [0, 0.05) is 26.2 Å². The molecule has 0 unspecified atom stereocenters. The van der Waals surface area contributed by atoms with Crippen molar-refractivity contribution in [1.82, 2.24) is 15.1 Å². The SMILES string of the molecule is COc1ccccc1CCNCC(=O)N1CCN(C)CC1. The summed E-state index contributed by atoms with van der Waals surface area (Å²) in [4.78, 5) is 16.2. The number of nitrogens with one attached hydrogen (secondary N) is 1. The Morgan fingerprint density at radius 3 is 2.67 bits per heavy atom. The van der Waals surface area contributed by atoms with Gasteiger partial charge in [-0.2, -0.15) is 0 Å². The van der Waals surface area contributed by atoms with Crippen molar-refractivity contribution < 1.29 is 9.53 Å². The van der Waals surface area contributed by atoms with Crippen molar-refractivity contribution in [1.29, 1.82) is 0 Å². The van der Waals surface area contributed by atoms with Gasteiger partial charge in [-0.25, -0.2) is 0 Å². The first-order chi connectivity index (χ1) is 10.2. The Balaban J connectivity index is 1.68. The van der Waals surface area contributed by atoms with E-state index in [2.05, 4.69) is 23.3 Å². The summed E-state index contributed by atoms with van der Waals surface area (Å²) in [5.41, 5.74) is 1.17. The first-order valence-corrected chi connectivity index (χ1v) is 7.49. The Labute approximate surface area is 126 Å². The average molecular weight is 291 g/mol. The van der Waals surface area contributed by atoms with Crippen molar-refractivity contribution in [2.75, 3.05) is 53.4 Å². The fourth-order valence-electron chi connectivity index (χ4n) is 2.50. The van der Waals surface area contributed by atoms with Crippen molar-refractivity contribution in [3.63, 3.8) is 0 Å². The largest absolute Gasteiger partial charge is 0.496 e. The number of methoxy groups -OCH3 is 1. The molecule has 0 aliphatic carbocycles. The van der Waals surface area contributed by atoms with Crippen LogP contribution in [0.1, 0.15) is 5.56 Å². The highest BCUT2D eigenvalue weighted by Crippen LogP contribution is 2.17. The average Bonchev–Trinajstić information content (AvgIpc) is 2.52. The van der Waals surface area contributed by atoms with Gasteiger partial charge in [0.2, 0.25) is 5.91 Å². The van der Waals surface area contributed by atoms with Gasteiger partial charge >= 0.3 is 0 Å². The number of para-hydroxylation sites is 1. The lowest BCUT2D eigenvalue weighted by atomic mass is 10.1. The van der Waals surface area contributed by atoms with E-state index in [1.165, 1.54) is 5.56 Å². The van der Waals surface area contributed by atoms with Gasteiger partial charge in [-0.1, -0.05) is 18.2 Å². The zero-order valence-corrected chi connectivity index (χ0v) is 13.0. The van der Waals surface area contributed by atoms with Crippen LogP contribution in [0.5, 0.6) is 5.75 Å². The number of ether oxygens (including phenoxy) is 1. The molecule has 1 aromatic carbocycles. The highest BCUT2D eigenvalue weighted by atomic mass is 16.5. The fourth-order valence-corrected chi connectivity index (χ4v) is 2.50. The predicted octanol–water partition coefficient (Wildman–Crippen LogP) is 0.601. The molecule has 0 aromatic heterocycles. The normalized spacial score (nSPS) is 16.0. The summed E-state index contributed by atoms with van der Waals surface area (Å²) < 4.78 is 5.32. The number of nitrogens with zero attached hydrogens (tertiary/aromatic N) is 2. The molecule has 1 aliphatic heterocycles. The van der Waals surface area contributed by atoms with Gasteiger partial charge in [0.15, 0.2) is 0 Å². The number of rotatable bonds is 6. The number of benzene rings is 1. The molecule has 1 aromatic rings. The van der Waals surface area contributed by atoms with Gasteiger partial charge in [0.05, 0.1) is 13.7 Å². The van der Waals surface area contributed by atoms with E-state index >= 15 is 0 Å². The Kier molecular flexibility index (Phi) is 6.02. The van der Waals surface area contributed by atoms with Crippen molar-refractivity contribution in [3.8, 4) is 5.75 Å². The Morgan fingerprint density at radius 2 is 1.95 bits per heavy atom. The van der Waals surface area contributed by atoms with E-state index in [1.54, 1.807) is 7.11 Å². The van der Waals surface area contributed by atoms with Crippen LogP contribution in [0.15, 0.2) is 24.3 Å². The summed E-state index contributed by atoms with van der Waals surface area (Å²) in [6, 6.07) is 7.99. The molecule has 0 atom stereocenters. The van der Waals surface area contributed by atoms with E-state index in [9.17, 15) is 4.79 Å². The molecule has 1 fully saturated rings. The van der Waals surface area contributed by atoms with Gasteiger partial charge in [-0.3, -0.25) is 4.79 Å². The maximum absolute atomic E-state index is 12.1. The van der Waals surface area contributed by atoms with Crippen LogP contribution in [0.2, 0.25) is 0 Å². The van der Waals surface area contributed by atoms with Gasteiger partial charge in [-0.05, 0) is 31.6 Å². The monoisotopic (exact) mass is 291 g/mol. The highest BCUT2D eigenvalue weighted by Gasteiger charge is 2.18. The quantitative estimate of drug-likeness (QED) is 0.780. The Morgan fingerprint density at radius 1 is 1.24 bits per heavy atom. The molecule has 116 valence electrons. The van der Waals surface area contributed by atoms with Crippen LogP contribution in [0.4, 0.5) is 0 Å². The second-order valence-corrected chi connectivity index (χ2v) is 5.42. The molecule has 0 radical (unpaired) electrons. The maximum atomic E-state index is 12.1. The van der Waals surface area contributed by atoms with E-state index in [4.69, 9.17) is 4.74 Å². The van der Waals surface area contributed by atoms with Crippen molar-refractivity contribution in [2.45, 2.75) is 6.42 Å². The predicted molar refractivity (Wildman–Crippen MR) is 83.6 cm³/mol. The maximum Gasteiger partial charge on any atom is 0.236 e. The third-order valence-electron chi connectivity index (χ3n) is 3.90. The third-order valence-corrected chi connectivity index (χ3v) is 3.90. The molecule has 2 rings (SSSR count). The third kappa shape index (κ3) is 4.72. The topological polar surface area (TPSA) is 44.8 Å². The van der Waals surface area contributed by atoms with Crippen molar-refractivity contribution in [3.05, 3.63) is 29.8 Å². The smallest absolute Gasteiger partial charge is 0.236 e. The van der Waals surface area contributed by atoms with E-state index in [1.807, 2.05) is 23.1 Å². The lowest BCUT2D eigenvalue weighted by molar-refractivity contribution is -0.131. The summed E-state index contributed by atoms with van der Waals surface area (Å²) >= 11 is 0. The second kappa shape index (κ2) is 8.00. The molecule has 1 heterocycles. The summed E-state index contributed by atoms with van der Waals surface area (Å²) in [6.07, 6.45) is 0.861. The standard InChI is InChI=1S/C16H25N3O2/c1-18-9-11-19(12-10-18)16(20)13-17-8-7-14-5-3-4-6-15(14)21-2/h3-6,17H,7-13H2,1-2H3. The molecule has 0 bridgehead atoms. The molecule has 5 nitrogen and oxygen atoms in total. The van der Waals surface area contributed by atoms with Crippen molar-refractivity contribution in [2.24, 2.45) is 0 Å². The molecule has 1 saturated heterocycles. The van der Waals surface area contributed by atoms with E-state index < -0.39 is 0 Å². The lowest BCUT2D eigenvalue weighted by Crippen LogP contribution is -2.49. The minimum atomic E-state index is 0.197. The first-order valence-electron chi connectivity index (χ1n) is 7.49. The van der Waals surface area contributed by atoms with Crippen LogP contribution in [0.3, 0.4) is 0 Å². The zero-order chi connectivity index (χ0) is 15.1. The molecule has 5 heteroatoms. The van der Waals surface area contributed by atoms with Crippen LogP contribution < -0.4 is 10.1 Å². The molecule has 0 saturated carbocycles. The molecular weight excluding hydrogens is 266 g/mol. The number of likely N-dealkylation sites (N-methyl/N-ethyl adjacent to an activating group) is 1. The van der Waals surface area contributed by atoms with Gasteiger partial charge < -0.3 is 19.9 Å². The number of carbonyl (C=O) groups is 1. The first kappa shape index (κ1) is 15.8. The van der Waals surface area contributed by atoms with E-state index in [0.29, 0.717) is 6.54 Å². The molecule has 21 heavy (non-hydrogen) atoms. The van der Waals surface area contributed by atoms with Crippen LogP contribution in [-0.2, 0) is 11.2 Å². The Bertz CT molecular complexity index is 457. The Hall–Kier alpha value is -1.59. The van der Waals surface area contributed by atoms with Crippen LogP contribution in [-0.4, -0.2) is 69.1 Å². The lowest BCUT2D eigenvalue weighted by Gasteiger charge is -2.32. The molecule has 1 aliphatic rings. The molecular formula is C16H25N3O2. The van der Waals surface area contributed by atoms with Gasteiger partial charge in [0.1, 0.15) is 5.75 Å². The zero-order valence-electron chi connectivity index (χ0n) is 13.0. The summed E-state index contributed by atoms with van der Waals surface area (Å²) in [5.74, 6) is 1.10. The van der Waals surface area contributed by atoms with Gasteiger partial charge in [-0.15, -0.1) is 0 Å². The minimum Gasteiger partial charge on any atom is -0.496 e. The van der Waals surface area contributed by atoms with Crippen molar-refractivity contribution >= 4 is 5.91 Å². The summed E-state index contributed by atoms with van der Waals surface area (Å²) in [6.45, 7) is 4.80. The minimum absolute atomic E-state index is 0.197. The van der Waals surface area contributed by atoms with E-state index in [0.717, 1.165) is 44.9 Å². The van der Waals surface area contributed by atoms with Crippen LogP contribution in [0, 0.1) is 0 Å². The van der Waals surface area contributed by atoms with Crippen LogP contribution >= 0.6 is 0 Å². The molecule has 1 amide bonds. The van der Waals surface area contributed by atoms with Gasteiger partial charge in [0.25, 0.3) is 0 Å². The molecule has 1 N–H and O–H groups in total. The highest BCUT2D eigenvalue weighted by molar-refractivity contribution is 5.78. The second-order valence-electron chi connectivity index (χ2n) is 5.42.